The molecule has 33 heavy (non-hydrogen) atoms. The summed E-state index contributed by atoms with van der Waals surface area (Å²) in [7, 11) is 0. The summed E-state index contributed by atoms with van der Waals surface area (Å²) in [6.07, 6.45) is 5.59. The Morgan fingerprint density at radius 2 is 1.67 bits per heavy atom. The van der Waals surface area contributed by atoms with Crippen molar-refractivity contribution >= 4 is 35.2 Å². The SMILES string of the molecule is Cc1cc(C)cc(CSCC(=O)N(Cc2ccc(Cl)cc2)[C@H](C)C(=O)NC2CCCCC2)c1. The highest BCUT2D eigenvalue weighted by molar-refractivity contribution is 7.99. The van der Waals surface area contributed by atoms with Gasteiger partial charge in [-0.05, 0) is 56.9 Å². The van der Waals surface area contributed by atoms with Crippen molar-refractivity contribution in [1.82, 2.24) is 10.2 Å². The highest BCUT2D eigenvalue weighted by Crippen LogP contribution is 2.20. The lowest BCUT2D eigenvalue weighted by Crippen LogP contribution is -2.50. The van der Waals surface area contributed by atoms with E-state index in [9.17, 15) is 9.59 Å². The molecule has 178 valence electrons. The number of hydrogen-bond acceptors (Lipinski definition) is 3. The van der Waals surface area contributed by atoms with Gasteiger partial charge in [0.2, 0.25) is 11.8 Å². The number of aryl methyl sites for hydroxylation is 2. The predicted octanol–water partition coefficient (Wildman–Crippen LogP) is 6.06. The van der Waals surface area contributed by atoms with Crippen molar-refractivity contribution in [2.45, 2.75) is 77.3 Å². The molecule has 2 aromatic carbocycles. The average Bonchev–Trinajstić information content (AvgIpc) is 2.78. The molecule has 2 aromatic rings. The summed E-state index contributed by atoms with van der Waals surface area (Å²) >= 11 is 7.63. The van der Waals surface area contributed by atoms with Crippen LogP contribution in [0.5, 0.6) is 0 Å². The van der Waals surface area contributed by atoms with Crippen LogP contribution in [0.3, 0.4) is 0 Å². The van der Waals surface area contributed by atoms with Crippen molar-refractivity contribution in [3.63, 3.8) is 0 Å². The minimum atomic E-state index is -0.531. The molecule has 0 radical (unpaired) electrons. The first kappa shape index (κ1) is 25.6. The maximum Gasteiger partial charge on any atom is 0.242 e. The maximum absolute atomic E-state index is 13.3. The van der Waals surface area contributed by atoms with E-state index in [0.717, 1.165) is 37.0 Å². The third kappa shape index (κ3) is 8.08. The highest BCUT2D eigenvalue weighted by Gasteiger charge is 2.28. The summed E-state index contributed by atoms with van der Waals surface area (Å²) in [4.78, 5) is 28.0. The molecule has 1 aliphatic carbocycles. The van der Waals surface area contributed by atoms with E-state index >= 15 is 0 Å². The van der Waals surface area contributed by atoms with Crippen LogP contribution in [0, 0.1) is 13.8 Å². The fourth-order valence-electron chi connectivity index (χ4n) is 4.43. The molecular formula is C27H35ClN2O2S. The van der Waals surface area contributed by atoms with Crippen LogP contribution in [0.1, 0.15) is 61.3 Å². The molecule has 0 unspecified atom stereocenters. The topological polar surface area (TPSA) is 49.4 Å². The summed E-state index contributed by atoms with van der Waals surface area (Å²) in [5, 5.41) is 3.84. The second-order valence-corrected chi connectivity index (χ2v) is 10.6. The normalized spacial score (nSPS) is 15.2. The Kier molecular flexibility index (Phi) is 9.69. The smallest absolute Gasteiger partial charge is 0.242 e. The minimum Gasteiger partial charge on any atom is -0.352 e. The molecule has 0 spiro atoms. The molecule has 1 fully saturated rings. The highest BCUT2D eigenvalue weighted by atomic mass is 35.5. The summed E-state index contributed by atoms with van der Waals surface area (Å²) in [6, 6.07) is 13.6. The summed E-state index contributed by atoms with van der Waals surface area (Å²) < 4.78 is 0. The van der Waals surface area contributed by atoms with Gasteiger partial charge in [0.05, 0.1) is 5.75 Å². The Labute approximate surface area is 207 Å². The number of hydrogen-bond donors (Lipinski definition) is 1. The number of amides is 2. The van der Waals surface area contributed by atoms with Gasteiger partial charge in [0.1, 0.15) is 6.04 Å². The first-order chi connectivity index (χ1) is 15.8. The zero-order valence-corrected chi connectivity index (χ0v) is 21.5. The number of nitrogens with zero attached hydrogens (tertiary/aromatic N) is 1. The van der Waals surface area contributed by atoms with Crippen LogP contribution >= 0.6 is 23.4 Å². The monoisotopic (exact) mass is 486 g/mol. The third-order valence-electron chi connectivity index (χ3n) is 6.16. The van der Waals surface area contributed by atoms with Crippen LogP contribution in [-0.2, 0) is 21.9 Å². The number of carbonyl (C=O) groups is 2. The number of benzene rings is 2. The van der Waals surface area contributed by atoms with Gasteiger partial charge >= 0.3 is 0 Å². The molecule has 1 aliphatic rings. The molecule has 3 rings (SSSR count). The van der Waals surface area contributed by atoms with Gasteiger partial charge in [0.15, 0.2) is 0 Å². The molecule has 0 heterocycles. The van der Waals surface area contributed by atoms with E-state index in [1.54, 1.807) is 16.7 Å². The number of rotatable bonds is 9. The Balaban J connectivity index is 1.65. The molecule has 0 saturated heterocycles. The van der Waals surface area contributed by atoms with E-state index in [-0.39, 0.29) is 17.9 Å². The standard InChI is InChI=1S/C27H35ClN2O2S/c1-19-13-20(2)15-23(14-19)17-33-18-26(31)30(16-22-9-11-24(28)12-10-22)21(3)27(32)29-25-7-5-4-6-8-25/h9-15,21,25H,4-8,16-18H2,1-3H3,(H,29,32)/t21-/m1/s1. The molecular weight excluding hydrogens is 452 g/mol. The van der Waals surface area contributed by atoms with Crippen molar-refractivity contribution in [3.8, 4) is 0 Å². The lowest BCUT2D eigenvalue weighted by Gasteiger charge is -2.31. The van der Waals surface area contributed by atoms with Crippen molar-refractivity contribution in [1.29, 1.82) is 0 Å². The zero-order valence-electron chi connectivity index (χ0n) is 19.9. The summed E-state index contributed by atoms with van der Waals surface area (Å²) in [5.41, 5.74) is 4.64. The van der Waals surface area contributed by atoms with Gasteiger partial charge in [0.25, 0.3) is 0 Å². The van der Waals surface area contributed by atoms with Crippen molar-refractivity contribution in [2.75, 3.05) is 5.75 Å². The second kappa shape index (κ2) is 12.5. The molecule has 0 aromatic heterocycles. The van der Waals surface area contributed by atoms with Crippen molar-refractivity contribution in [2.24, 2.45) is 0 Å². The van der Waals surface area contributed by atoms with Gasteiger partial charge in [-0.2, -0.15) is 0 Å². The molecule has 1 atom stereocenters. The summed E-state index contributed by atoms with van der Waals surface area (Å²) in [5.74, 6) is 1.02. The average molecular weight is 487 g/mol. The van der Waals surface area contributed by atoms with E-state index in [0.29, 0.717) is 17.3 Å². The van der Waals surface area contributed by atoms with Crippen LogP contribution in [0.25, 0.3) is 0 Å². The Morgan fingerprint density at radius 3 is 2.30 bits per heavy atom. The molecule has 6 heteroatoms. The predicted molar refractivity (Wildman–Crippen MR) is 139 cm³/mol. The van der Waals surface area contributed by atoms with Crippen LogP contribution in [-0.4, -0.2) is 34.6 Å². The fourth-order valence-corrected chi connectivity index (χ4v) is 5.40. The maximum atomic E-state index is 13.3. The Hall–Kier alpha value is -1.98. The molecule has 0 bridgehead atoms. The molecule has 2 amide bonds. The summed E-state index contributed by atoms with van der Waals surface area (Å²) in [6.45, 7) is 6.40. The van der Waals surface area contributed by atoms with Gasteiger partial charge in [-0.3, -0.25) is 9.59 Å². The van der Waals surface area contributed by atoms with E-state index in [1.165, 1.54) is 23.1 Å². The van der Waals surface area contributed by atoms with E-state index in [1.807, 2.05) is 31.2 Å². The lowest BCUT2D eigenvalue weighted by atomic mass is 9.95. The number of thioether (sulfide) groups is 1. The molecule has 1 saturated carbocycles. The quantitative estimate of drug-likeness (QED) is 0.469. The third-order valence-corrected chi connectivity index (χ3v) is 7.40. The van der Waals surface area contributed by atoms with Gasteiger partial charge in [0, 0.05) is 23.4 Å². The zero-order chi connectivity index (χ0) is 23.8. The van der Waals surface area contributed by atoms with E-state index < -0.39 is 6.04 Å². The number of carbonyl (C=O) groups excluding carboxylic acids is 2. The second-order valence-electron chi connectivity index (χ2n) is 9.16. The first-order valence-corrected chi connectivity index (χ1v) is 13.3. The van der Waals surface area contributed by atoms with Gasteiger partial charge < -0.3 is 10.2 Å². The van der Waals surface area contributed by atoms with Crippen LogP contribution in [0.4, 0.5) is 0 Å². The molecule has 4 nitrogen and oxygen atoms in total. The van der Waals surface area contributed by atoms with E-state index in [2.05, 4.69) is 37.4 Å². The molecule has 1 N–H and O–H groups in total. The first-order valence-electron chi connectivity index (χ1n) is 11.8. The van der Waals surface area contributed by atoms with Gasteiger partial charge in [-0.1, -0.05) is 72.3 Å². The number of halogens is 1. The molecule has 0 aliphatic heterocycles. The Bertz CT molecular complexity index is 921. The van der Waals surface area contributed by atoms with Gasteiger partial charge in [-0.15, -0.1) is 11.8 Å². The largest absolute Gasteiger partial charge is 0.352 e. The fraction of sp³-hybridized carbons (Fsp3) is 0.481. The lowest BCUT2D eigenvalue weighted by molar-refractivity contribution is -0.139. The van der Waals surface area contributed by atoms with Crippen LogP contribution < -0.4 is 5.32 Å². The van der Waals surface area contributed by atoms with Crippen molar-refractivity contribution in [3.05, 3.63) is 69.7 Å². The van der Waals surface area contributed by atoms with Crippen LogP contribution in [0.15, 0.2) is 42.5 Å². The van der Waals surface area contributed by atoms with Crippen molar-refractivity contribution < 1.29 is 9.59 Å². The van der Waals surface area contributed by atoms with Crippen LogP contribution in [0.2, 0.25) is 5.02 Å². The van der Waals surface area contributed by atoms with E-state index in [4.69, 9.17) is 11.6 Å². The number of nitrogens with one attached hydrogen (secondary N) is 1. The minimum absolute atomic E-state index is 0.0226. The van der Waals surface area contributed by atoms with Gasteiger partial charge in [-0.25, -0.2) is 0 Å². The Morgan fingerprint density at radius 1 is 1.03 bits per heavy atom.